The Kier molecular flexibility index (Phi) is 5.54. The first-order chi connectivity index (χ1) is 8.47. The van der Waals surface area contributed by atoms with Crippen molar-refractivity contribution in [3.05, 3.63) is 35.4 Å². The van der Waals surface area contributed by atoms with Crippen LogP contribution in [0.25, 0.3) is 0 Å². The van der Waals surface area contributed by atoms with E-state index in [1.165, 1.54) is 4.90 Å². The number of hydrogen-bond acceptors (Lipinski definition) is 1. The van der Waals surface area contributed by atoms with E-state index in [1.807, 2.05) is 0 Å². The predicted octanol–water partition coefficient (Wildman–Crippen LogP) is 3.50. The van der Waals surface area contributed by atoms with E-state index in [2.05, 4.69) is 0 Å². The molecule has 0 aromatic heterocycles. The smallest absolute Gasteiger partial charge is 0.222 e. The van der Waals surface area contributed by atoms with Crippen LogP contribution in [0.15, 0.2) is 18.2 Å². The third-order valence-corrected chi connectivity index (χ3v) is 3.17. The summed E-state index contributed by atoms with van der Waals surface area (Å²) in [6, 6.07) is 2.73. The Balaban J connectivity index is 2.82. The molecular weight excluding hydrogens is 260 g/mol. The van der Waals surface area contributed by atoms with Crippen molar-refractivity contribution in [1.82, 2.24) is 4.90 Å². The molecule has 0 spiro atoms. The summed E-state index contributed by atoms with van der Waals surface area (Å²) in [5, 5.41) is 0. The Morgan fingerprint density at radius 3 is 2.72 bits per heavy atom. The molecule has 0 heterocycles. The second-order valence-electron chi connectivity index (χ2n) is 4.14. The van der Waals surface area contributed by atoms with Crippen LogP contribution in [-0.2, 0) is 4.79 Å². The van der Waals surface area contributed by atoms with E-state index in [9.17, 15) is 13.6 Å². The Bertz CT molecular complexity index is 425. The molecule has 1 aromatic carbocycles. The zero-order valence-corrected chi connectivity index (χ0v) is 11.2. The molecule has 0 aliphatic heterocycles. The van der Waals surface area contributed by atoms with Crippen LogP contribution in [0.4, 0.5) is 8.78 Å². The summed E-state index contributed by atoms with van der Waals surface area (Å²) in [4.78, 5) is 13.2. The number of rotatable bonds is 5. The zero-order chi connectivity index (χ0) is 13.7. The van der Waals surface area contributed by atoms with Crippen molar-refractivity contribution < 1.29 is 13.6 Å². The molecule has 1 atom stereocenters. The Morgan fingerprint density at radius 2 is 2.11 bits per heavy atom. The Hall–Kier alpha value is -1.16. The number of benzene rings is 1. The van der Waals surface area contributed by atoms with Gasteiger partial charge in [0.2, 0.25) is 5.91 Å². The van der Waals surface area contributed by atoms with E-state index in [0.717, 1.165) is 18.2 Å². The van der Waals surface area contributed by atoms with Crippen LogP contribution < -0.4 is 0 Å². The van der Waals surface area contributed by atoms with Gasteiger partial charge in [0, 0.05) is 24.9 Å². The van der Waals surface area contributed by atoms with Crippen LogP contribution in [0.5, 0.6) is 0 Å². The number of halogens is 3. The molecule has 1 rings (SSSR count). The molecular formula is C13H16ClF2NO. The van der Waals surface area contributed by atoms with Crippen LogP contribution >= 0.6 is 11.6 Å². The molecule has 1 unspecified atom stereocenters. The van der Waals surface area contributed by atoms with Gasteiger partial charge in [0.05, 0.1) is 6.04 Å². The number of alkyl halides is 1. The summed E-state index contributed by atoms with van der Waals surface area (Å²) in [6.07, 6.45) is 0.879. The third kappa shape index (κ3) is 3.67. The molecule has 0 radical (unpaired) electrons. The second kappa shape index (κ2) is 6.69. The van der Waals surface area contributed by atoms with Gasteiger partial charge in [-0.15, -0.1) is 11.6 Å². The Morgan fingerprint density at radius 1 is 1.44 bits per heavy atom. The number of carbonyl (C=O) groups excluding carboxylic acids is 1. The van der Waals surface area contributed by atoms with Gasteiger partial charge in [-0.25, -0.2) is 8.78 Å². The maximum Gasteiger partial charge on any atom is 0.222 e. The zero-order valence-electron chi connectivity index (χ0n) is 10.4. The lowest BCUT2D eigenvalue weighted by Crippen LogP contribution is -2.30. The monoisotopic (exact) mass is 275 g/mol. The summed E-state index contributed by atoms with van der Waals surface area (Å²) in [5.74, 6) is -0.755. The highest BCUT2D eigenvalue weighted by atomic mass is 35.5. The molecule has 0 fully saturated rings. The molecule has 0 N–H and O–H groups in total. The molecule has 1 aromatic rings. The van der Waals surface area contributed by atoms with Gasteiger partial charge < -0.3 is 4.90 Å². The third-order valence-electron chi connectivity index (χ3n) is 2.91. The first kappa shape index (κ1) is 14.9. The molecule has 18 heavy (non-hydrogen) atoms. The van der Waals surface area contributed by atoms with Crippen molar-refractivity contribution in [1.29, 1.82) is 0 Å². The van der Waals surface area contributed by atoms with Gasteiger partial charge in [-0.05, 0) is 31.5 Å². The summed E-state index contributed by atoms with van der Waals surface area (Å²) in [5.41, 5.74) is 0.178. The highest BCUT2D eigenvalue weighted by molar-refractivity contribution is 6.17. The molecule has 2 nitrogen and oxygen atoms in total. The number of carbonyl (C=O) groups is 1. The topological polar surface area (TPSA) is 20.3 Å². The summed E-state index contributed by atoms with van der Waals surface area (Å²) >= 11 is 5.51. The lowest BCUT2D eigenvalue weighted by atomic mass is 10.1. The van der Waals surface area contributed by atoms with Gasteiger partial charge >= 0.3 is 0 Å². The first-order valence-electron chi connectivity index (χ1n) is 5.74. The minimum atomic E-state index is -0.514. The van der Waals surface area contributed by atoms with Crippen molar-refractivity contribution in [3.8, 4) is 0 Å². The predicted molar refractivity (Wildman–Crippen MR) is 67.5 cm³/mol. The van der Waals surface area contributed by atoms with Gasteiger partial charge in [-0.1, -0.05) is 0 Å². The summed E-state index contributed by atoms with van der Waals surface area (Å²) < 4.78 is 26.7. The summed E-state index contributed by atoms with van der Waals surface area (Å²) in [7, 11) is 1.57. The molecule has 0 aliphatic carbocycles. The average molecular weight is 276 g/mol. The maximum absolute atomic E-state index is 13.6. The van der Waals surface area contributed by atoms with Crippen molar-refractivity contribution in [3.63, 3.8) is 0 Å². The van der Waals surface area contributed by atoms with E-state index in [4.69, 9.17) is 11.6 Å². The van der Waals surface area contributed by atoms with Gasteiger partial charge in [0.25, 0.3) is 0 Å². The van der Waals surface area contributed by atoms with E-state index in [1.54, 1.807) is 14.0 Å². The van der Waals surface area contributed by atoms with Crippen LogP contribution in [-0.4, -0.2) is 23.7 Å². The number of hydrogen-bond donors (Lipinski definition) is 0. The Labute approximate surface area is 111 Å². The van der Waals surface area contributed by atoms with Crippen LogP contribution in [0.3, 0.4) is 0 Å². The lowest BCUT2D eigenvalue weighted by molar-refractivity contribution is -0.131. The second-order valence-corrected chi connectivity index (χ2v) is 4.52. The fourth-order valence-corrected chi connectivity index (χ4v) is 1.79. The normalized spacial score (nSPS) is 12.3. The highest BCUT2D eigenvalue weighted by Gasteiger charge is 2.20. The van der Waals surface area contributed by atoms with E-state index in [-0.39, 0.29) is 11.5 Å². The molecule has 1 amide bonds. The number of nitrogens with zero attached hydrogens (tertiary/aromatic N) is 1. The first-order valence-corrected chi connectivity index (χ1v) is 6.27. The fourth-order valence-electron chi connectivity index (χ4n) is 1.65. The van der Waals surface area contributed by atoms with Crippen LogP contribution in [0.2, 0.25) is 0 Å². The standard InChI is InChI=1S/C13H16ClF2NO/c1-9(17(2)13(18)4-3-7-14)11-8-10(15)5-6-12(11)16/h5-6,8-9H,3-4,7H2,1-2H3. The molecule has 100 valence electrons. The molecule has 0 bridgehead atoms. The van der Waals surface area contributed by atoms with Crippen molar-refractivity contribution in [2.24, 2.45) is 0 Å². The summed E-state index contributed by atoms with van der Waals surface area (Å²) in [6.45, 7) is 1.66. The highest BCUT2D eigenvalue weighted by Crippen LogP contribution is 2.23. The molecule has 5 heteroatoms. The molecule has 0 aliphatic rings. The van der Waals surface area contributed by atoms with E-state index < -0.39 is 17.7 Å². The van der Waals surface area contributed by atoms with Gasteiger partial charge in [-0.2, -0.15) is 0 Å². The van der Waals surface area contributed by atoms with Gasteiger partial charge in [0.15, 0.2) is 0 Å². The van der Waals surface area contributed by atoms with E-state index >= 15 is 0 Å². The minimum absolute atomic E-state index is 0.133. The minimum Gasteiger partial charge on any atom is -0.339 e. The molecule has 0 saturated carbocycles. The van der Waals surface area contributed by atoms with Crippen LogP contribution in [0.1, 0.15) is 31.4 Å². The van der Waals surface area contributed by atoms with Gasteiger partial charge in [-0.3, -0.25) is 4.79 Å². The van der Waals surface area contributed by atoms with Crippen molar-refractivity contribution in [2.45, 2.75) is 25.8 Å². The van der Waals surface area contributed by atoms with E-state index in [0.29, 0.717) is 18.7 Å². The van der Waals surface area contributed by atoms with Crippen LogP contribution in [0, 0.1) is 11.6 Å². The number of amides is 1. The maximum atomic E-state index is 13.6. The fraction of sp³-hybridized carbons (Fsp3) is 0.462. The lowest BCUT2D eigenvalue weighted by Gasteiger charge is -2.25. The molecule has 0 saturated heterocycles. The quantitative estimate of drug-likeness (QED) is 0.753. The average Bonchev–Trinajstić information content (AvgIpc) is 2.37. The largest absolute Gasteiger partial charge is 0.339 e. The van der Waals surface area contributed by atoms with Gasteiger partial charge in [0.1, 0.15) is 11.6 Å². The van der Waals surface area contributed by atoms with Crippen molar-refractivity contribution in [2.75, 3.05) is 12.9 Å². The SMILES string of the molecule is CC(c1cc(F)ccc1F)N(C)C(=O)CCCCl. The van der Waals surface area contributed by atoms with Crippen molar-refractivity contribution >= 4 is 17.5 Å².